The van der Waals surface area contributed by atoms with Crippen molar-refractivity contribution in [3.8, 4) is 0 Å². The van der Waals surface area contributed by atoms with Gasteiger partial charge in [-0.2, -0.15) is 0 Å². The first-order chi connectivity index (χ1) is 33.6. The number of carbonyl (C=O) groups excluding carboxylic acids is 2. The number of rotatable bonds is 57. The number of unbranched alkanes of at least 4 members (excludes halogenated alkanes) is 40. The first-order valence-electron chi connectivity index (χ1n) is 30.5. The molecule has 0 heterocycles. The van der Waals surface area contributed by atoms with E-state index in [1.807, 2.05) is 0 Å². The molecule has 0 aliphatic carbocycles. The van der Waals surface area contributed by atoms with Gasteiger partial charge in [-0.05, 0) is 77.0 Å². The summed E-state index contributed by atoms with van der Waals surface area (Å²) in [5.74, 6) is -0.391. The molecule has 0 aliphatic rings. The molecule has 0 amide bonds. The molecule has 68 heavy (non-hydrogen) atoms. The fourth-order valence-corrected chi connectivity index (χ4v) is 9.07. The van der Waals surface area contributed by atoms with Gasteiger partial charge in [-0.25, -0.2) is 0 Å². The minimum atomic E-state index is -0.538. The molecule has 5 heteroatoms. The van der Waals surface area contributed by atoms with Gasteiger partial charge in [0.05, 0.1) is 6.61 Å². The SMILES string of the molecule is CCCCC/C=C\C/C=C\CCCCCCCCCC(=O)OCC(COCCCCCCCCCCCCCCCCCCCC)OC(=O)CCCCCCCCC/C=C\CCCCCCCC. The lowest BCUT2D eigenvalue weighted by Gasteiger charge is -2.18. The molecule has 0 radical (unpaired) electrons. The fourth-order valence-electron chi connectivity index (χ4n) is 9.07. The third-order valence-corrected chi connectivity index (χ3v) is 13.6. The average Bonchev–Trinajstić information content (AvgIpc) is 3.34. The van der Waals surface area contributed by atoms with E-state index in [1.165, 1.54) is 250 Å². The summed E-state index contributed by atoms with van der Waals surface area (Å²) >= 11 is 0. The largest absolute Gasteiger partial charge is 0.462 e. The molecule has 0 spiro atoms. The lowest BCUT2D eigenvalue weighted by molar-refractivity contribution is -0.163. The van der Waals surface area contributed by atoms with Gasteiger partial charge in [-0.3, -0.25) is 9.59 Å². The highest BCUT2D eigenvalue weighted by Crippen LogP contribution is 2.17. The molecule has 5 nitrogen and oxygen atoms in total. The van der Waals surface area contributed by atoms with Gasteiger partial charge in [0.2, 0.25) is 0 Å². The average molecular weight is 956 g/mol. The van der Waals surface area contributed by atoms with Crippen LogP contribution in [0, 0.1) is 0 Å². The van der Waals surface area contributed by atoms with E-state index in [9.17, 15) is 9.59 Å². The van der Waals surface area contributed by atoms with E-state index in [4.69, 9.17) is 14.2 Å². The molecule has 0 N–H and O–H groups in total. The maximum absolute atomic E-state index is 12.9. The summed E-state index contributed by atoms with van der Waals surface area (Å²) in [6.07, 6.45) is 73.1. The maximum Gasteiger partial charge on any atom is 0.306 e. The Balaban J connectivity index is 4.25. The zero-order valence-corrected chi connectivity index (χ0v) is 46.1. The Labute approximate surface area is 425 Å². The van der Waals surface area contributed by atoms with Gasteiger partial charge in [0.15, 0.2) is 6.10 Å². The van der Waals surface area contributed by atoms with Crippen LogP contribution in [-0.2, 0) is 23.8 Å². The standard InChI is InChI=1S/C63H118O5/c1-4-7-10-13-16-19-22-25-28-31-34-37-40-43-46-49-52-55-58-66-59-61(68-63(65)57-54-51-48-45-42-39-36-33-30-27-24-21-18-15-12-9-6-3)60-67-62(64)56-53-50-47-44-41-38-35-32-29-26-23-20-17-14-11-8-5-2/h17,20,26-27,29-30,61H,4-16,18-19,21-25,28,31-60H2,1-3H3/b20-17-,29-26-,30-27-. The zero-order chi connectivity index (χ0) is 49.2. The van der Waals surface area contributed by atoms with E-state index in [-0.39, 0.29) is 25.2 Å². The second kappa shape index (κ2) is 59.4. The molecule has 0 aromatic carbocycles. The smallest absolute Gasteiger partial charge is 0.306 e. The van der Waals surface area contributed by atoms with Crippen LogP contribution in [0.2, 0.25) is 0 Å². The van der Waals surface area contributed by atoms with E-state index in [0.29, 0.717) is 19.4 Å². The van der Waals surface area contributed by atoms with Gasteiger partial charge < -0.3 is 14.2 Å². The molecule has 1 atom stereocenters. The van der Waals surface area contributed by atoms with Gasteiger partial charge in [0.1, 0.15) is 6.61 Å². The van der Waals surface area contributed by atoms with Gasteiger partial charge in [-0.15, -0.1) is 0 Å². The molecule has 0 rings (SSSR count). The van der Waals surface area contributed by atoms with Crippen LogP contribution < -0.4 is 0 Å². The van der Waals surface area contributed by atoms with Crippen LogP contribution in [0.4, 0.5) is 0 Å². The van der Waals surface area contributed by atoms with Crippen LogP contribution in [-0.4, -0.2) is 37.9 Å². The molecular formula is C63H118O5. The van der Waals surface area contributed by atoms with Crippen molar-refractivity contribution in [2.24, 2.45) is 0 Å². The molecule has 0 saturated heterocycles. The van der Waals surface area contributed by atoms with Crippen LogP contribution in [0.5, 0.6) is 0 Å². The number of hydrogen-bond acceptors (Lipinski definition) is 5. The summed E-state index contributed by atoms with van der Waals surface area (Å²) < 4.78 is 17.5. The second-order valence-electron chi connectivity index (χ2n) is 20.6. The van der Waals surface area contributed by atoms with Crippen LogP contribution in [0.25, 0.3) is 0 Å². The first kappa shape index (κ1) is 66.1. The molecular weight excluding hydrogens is 837 g/mol. The Morgan fingerprint density at radius 3 is 1.01 bits per heavy atom. The molecule has 0 aromatic heterocycles. The van der Waals surface area contributed by atoms with Crippen molar-refractivity contribution >= 4 is 11.9 Å². The predicted molar refractivity (Wildman–Crippen MR) is 298 cm³/mol. The summed E-state index contributed by atoms with van der Waals surface area (Å²) in [4.78, 5) is 25.6. The van der Waals surface area contributed by atoms with Gasteiger partial charge in [0.25, 0.3) is 0 Å². The van der Waals surface area contributed by atoms with Crippen LogP contribution in [0.15, 0.2) is 36.5 Å². The topological polar surface area (TPSA) is 61.8 Å². The summed E-state index contributed by atoms with van der Waals surface area (Å²) in [7, 11) is 0. The molecule has 0 fully saturated rings. The highest BCUT2D eigenvalue weighted by molar-refractivity contribution is 5.70. The molecule has 0 saturated carbocycles. The molecule has 0 aromatic rings. The normalized spacial score (nSPS) is 12.3. The summed E-state index contributed by atoms with van der Waals surface area (Å²) in [5, 5.41) is 0. The van der Waals surface area contributed by atoms with Gasteiger partial charge >= 0.3 is 11.9 Å². The van der Waals surface area contributed by atoms with Crippen molar-refractivity contribution in [2.45, 2.75) is 335 Å². The van der Waals surface area contributed by atoms with Gasteiger partial charge in [0, 0.05) is 19.4 Å². The molecule has 400 valence electrons. The van der Waals surface area contributed by atoms with Crippen molar-refractivity contribution in [1.82, 2.24) is 0 Å². The first-order valence-corrected chi connectivity index (χ1v) is 30.5. The maximum atomic E-state index is 12.9. The van der Waals surface area contributed by atoms with Crippen LogP contribution >= 0.6 is 0 Å². The number of carbonyl (C=O) groups is 2. The van der Waals surface area contributed by atoms with E-state index in [2.05, 4.69) is 57.2 Å². The predicted octanol–water partition coefficient (Wildman–Crippen LogP) is 20.9. The van der Waals surface area contributed by atoms with E-state index >= 15 is 0 Å². The van der Waals surface area contributed by atoms with E-state index in [1.54, 1.807) is 0 Å². The van der Waals surface area contributed by atoms with Crippen molar-refractivity contribution in [3.63, 3.8) is 0 Å². The van der Waals surface area contributed by atoms with Crippen LogP contribution in [0.1, 0.15) is 329 Å². The molecule has 0 aliphatic heterocycles. The molecule has 1 unspecified atom stereocenters. The van der Waals surface area contributed by atoms with Crippen molar-refractivity contribution in [3.05, 3.63) is 36.5 Å². The Bertz CT molecular complexity index is 1080. The van der Waals surface area contributed by atoms with E-state index in [0.717, 1.165) is 44.9 Å². The van der Waals surface area contributed by atoms with Gasteiger partial charge in [-0.1, -0.05) is 276 Å². The quantitative estimate of drug-likeness (QED) is 0.0345. The highest BCUT2D eigenvalue weighted by atomic mass is 16.6. The number of hydrogen-bond donors (Lipinski definition) is 0. The minimum absolute atomic E-state index is 0.0849. The zero-order valence-electron chi connectivity index (χ0n) is 46.1. The van der Waals surface area contributed by atoms with E-state index < -0.39 is 6.10 Å². The van der Waals surface area contributed by atoms with Crippen LogP contribution in [0.3, 0.4) is 0 Å². The summed E-state index contributed by atoms with van der Waals surface area (Å²) in [6.45, 7) is 7.86. The number of allylic oxidation sites excluding steroid dienone is 6. The van der Waals surface area contributed by atoms with Crippen molar-refractivity contribution in [2.75, 3.05) is 19.8 Å². The second-order valence-corrected chi connectivity index (χ2v) is 20.6. The number of ether oxygens (including phenoxy) is 3. The lowest BCUT2D eigenvalue weighted by atomic mass is 10.0. The number of esters is 2. The Hall–Kier alpha value is -1.88. The fraction of sp³-hybridized carbons (Fsp3) is 0.873. The highest BCUT2D eigenvalue weighted by Gasteiger charge is 2.17. The Morgan fingerprint density at radius 2 is 0.618 bits per heavy atom. The van der Waals surface area contributed by atoms with Crippen molar-refractivity contribution in [1.29, 1.82) is 0 Å². The van der Waals surface area contributed by atoms with Crippen molar-refractivity contribution < 1.29 is 23.8 Å². The third-order valence-electron chi connectivity index (χ3n) is 13.6. The summed E-state index contributed by atoms with van der Waals surface area (Å²) in [6, 6.07) is 0. The third kappa shape index (κ3) is 56.7. The summed E-state index contributed by atoms with van der Waals surface area (Å²) in [5.41, 5.74) is 0. The lowest BCUT2D eigenvalue weighted by Crippen LogP contribution is -2.30. The molecule has 0 bridgehead atoms. The Morgan fingerprint density at radius 1 is 0.324 bits per heavy atom. The Kier molecular flexibility index (Phi) is 57.8. The monoisotopic (exact) mass is 955 g/mol. The minimum Gasteiger partial charge on any atom is -0.462 e.